The van der Waals surface area contributed by atoms with Gasteiger partial charge in [-0.25, -0.2) is 4.98 Å². The molecule has 1 radical (unpaired) electrons. The molecule has 0 amide bonds. The highest BCUT2D eigenvalue weighted by Gasteiger charge is 2.23. The van der Waals surface area contributed by atoms with Crippen molar-refractivity contribution in [1.29, 1.82) is 0 Å². The number of rotatable bonds is 1. The third kappa shape index (κ3) is 1.13. The van der Waals surface area contributed by atoms with Crippen molar-refractivity contribution in [2.24, 2.45) is 0 Å². The number of hydrogen-bond acceptors (Lipinski definition) is 1. The molecule has 0 bridgehead atoms. The molecule has 0 aliphatic heterocycles. The first-order valence-electron chi connectivity index (χ1n) is 4.63. The fourth-order valence-corrected chi connectivity index (χ4v) is 1.72. The molecule has 0 aromatic carbocycles. The third-order valence-corrected chi connectivity index (χ3v) is 2.57. The molecule has 0 atom stereocenters. The van der Waals surface area contributed by atoms with Crippen molar-refractivity contribution in [2.45, 2.75) is 18.8 Å². The lowest BCUT2D eigenvalue weighted by Crippen LogP contribution is -1.86. The van der Waals surface area contributed by atoms with Crippen molar-refractivity contribution >= 4 is 5.65 Å². The van der Waals surface area contributed by atoms with Crippen molar-refractivity contribution in [3.8, 4) is 0 Å². The van der Waals surface area contributed by atoms with Crippen LogP contribution in [0.25, 0.3) is 5.65 Å². The normalized spacial score (nSPS) is 16.7. The van der Waals surface area contributed by atoms with E-state index >= 15 is 0 Å². The molecule has 2 heteroatoms. The maximum atomic E-state index is 4.29. The molecule has 0 spiro atoms. The van der Waals surface area contributed by atoms with Crippen molar-refractivity contribution in [2.75, 3.05) is 0 Å². The van der Waals surface area contributed by atoms with Gasteiger partial charge in [-0.2, -0.15) is 0 Å². The van der Waals surface area contributed by atoms with E-state index in [1.165, 1.54) is 18.4 Å². The Morgan fingerprint density at radius 3 is 2.92 bits per heavy atom. The SMILES string of the molecule is [CH2]c1cn2cc(C3CC3)ccc2n1. The van der Waals surface area contributed by atoms with Gasteiger partial charge in [-0.1, -0.05) is 6.07 Å². The second-order valence-electron chi connectivity index (χ2n) is 3.73. The maximum absolute atomic E-state index is 4.29. The maximum Gasteiger partial charge on any atom is 0.136 e. The molecule has 1 aliphatic carbocycles. The van der Waals surface area contributed by atoms with Crippen LogP contribution in [0.2, 0.25) is 0 Å². The summed E-state index contributed by atoms with van der Waals surface area (Å²) in [4.78, 5) is 4.29. The molecule has 1 fully saturated rings. The van der Waals surface area contributed by atoms with Gasteiger partial charge in [0.1, 0.15) is 5.65 Å². The Morgan fingerprint density at radius 1 is 1.31 bits per heavy atom. The molecule has 1 aliphatic rings. The molecule has 0 saturated heterocycles. The van der Waals surface area contributed by atoms with Crippen LogP contribution < -0.4 is 0 Å². The van der Waals surface area contributed by atoms with E-state index in [1.54, 1.807) is 0 Å². The molecule has 1 saturated carbocycles. The first-order valence-corrected chi connectivity index (χ1v) is 4.63. The van der Waals surface area contributed by atoms with Gasteiger partial charge in [0.25, 0.3) is 0 Å². The minimum Gasteiger partial charge on any atom is -0.307 e. The van der Waals surface area contributed by atoms with Gasteiger partial charge in [0, 0.05) is 12.4 Å². The largest absolute Gasteiger partial charge is 0.307 e. The summed E-state index contributed by atoms with van der Waals surface area (Å²) in [5.41, 5.74) is 3.27. The number of pyridine rings is 1. The second-order valence-corrected chi connectivity index (χ2v) is 3.73. The van der Waals surface area contributed by atoms with Crippen LogP contribution in [0.4, 0.5) is 0 Å². The van der Waals surface area contributed by atoms with Gasteiger partial charge in [-0.15, -0.1) is 0 Å². The van der Waals surface area contributed by atoms with Crippen molar-refractivity contribution in [1.82, 2.24) is 9.38 Å². The zero-order valence-corrected chi connectivity index (χ0v) is 7.40. The zero-order chi connectivity index (χ0) is 8.84. The van der Waals surface area contributed by atoms with E-state index in [4.69, 9.17) is 0 Å². The summed E-state index contributed by atoms with van der Waals surface area (Å²) in [7, 11) is 0. The van der Waals surface area contributed by atoms with Crippen LogP contribution in [0.15, 0.2) is 24.5 Å². The monoisotopic (exact) mass is 171 g/mol. The molecular formula is C11H11N2. The highest BCUT2D eigenvalue weighted by Crippen LogP contribution is 2.39. The number of aromatic nitrogens is 2. The highest BCUT2D eigenvalue weighted by atomic mass is 15.0. The average Bonchev–Trinajstić information content (AvgIpc) is 2.87. The summed E-state index contributed by atoms with van der Waals surface area (Å²) in [5, 5.41) is 0. The minimum absolute atomic E-state index is 0.806. The van der Waals surface area contributed by atoms with E-state index in [9.17, 15) is 0 Å². The lowest BCUT2D eigenvalue weighted by Gasteiger charge is -1.98. The Bertz CT molecular complexity index is 452. The molecule has 2 aromatic rings. The lowest BCUT2D eigenvalue weighted by atomic mass is 10.2. The number of fused-ring (bicyclic) bond motifs is 1. The molecule has 2 aromatic heterocycles. The predicted octanol–water partition coefficient (Wildman–Crippen LogP) is 2.39. The van der Waals surface area contributed by atoms with Crippen LogP contribution in [-0.4, -0.2) is 9.38 Å². The number of nitrogens with zero attached hydrogens (tertiary/aromatic N) is 2. The topological polar surface area (TPSA) is 17.3 Å². The fraction of sp³-hybridized carbons (Fsp3) is 0.273. The zero-order valence-electron chi connectivity index (χ0n) is 7.40. The Kier molecular flexibility index (Phi) is 1.29. The van der Waals surface area contributed by atoms with Crippen molar-refractivity contribution < 1.29 is 0 Å². The first kappa shape index (κ1) is 7.13. The van der Waals surface area contributed by atoms with Gasteiger partial charge in [-0.3, -0.25) is 0 Å². The Labute approximate surface area is 77.2 Å². The summed E-state index contributed by atoms with van der Waals surface area (Å²) in [5.74, 6) is 0.806. The standard InChI is InChI=1S/C11H11N2/c1-8-6-13-7-10(9-2-3-9)4-5-11(13)12-8/h4-7,9H,1-3H2. The van der Waals surface area contributed by atoms with Crippen LogP contribution in [-0.2, 0) is 0 Å². The third-order valence-electron chi connectivity index (χ3n) is 2.57. The summed E-state index contributed by atoms with van der Waals surface area (Å²) in [6.45, 7) is 3.82. The van der Waals surface area contributed by atoms with E-state index < -0.39 is 0 Å². The molecule has 3 rings (SSSR count). The lowest BCUT2D eigenvalue weighted by molar-refractivity contribution is 1.06. The van der Waals surface area contributed by atoms with Crippen LogP contribution >= 0.6 is 0 Å². The fourth-order valence-electron chi connectivity index (χ4n) is 1.72. The summed E-state index contributed by atoms with van der Waals surface area (Å²) in [6, 6.07) is 4.25. The summed E-state index contributed by atoms with van der Waals surface area (Å²) in [6.07, 6.45) is 6.84. The van der Waals surface area contributed by atoms with Gasteiger partial charge >= 0.3 is 0 Å². The Morgan fingerprint density at radius 2 is 2.15 bits per heavy atom. The van der Waals surface area contributed by atoms with Crippen molar-refractivity contribution in [3.63, 3.8) is 0 Å². The molecule has 0 unspecified atom stereocenters. The predicted molar refractivity (Wildman–Crippen MR) is 51.6 cm³/mol. The van der Waals surface area contributed by atoms with Gasteiger partial charge in [0.05, 0.1) is 5.69 Å². The van der Waals surface area contributed by atoms with Crippen LogP contribution in [0.5, 0.6) is 0 Å². The first-order chi connectivity index (χ1) is 6.33. The molecule has 13 heavy (non-hydrogen) atoms. The quantitative estimate of drug-likeness (QED) is 0.644. The summed E-state index contributed by atoms with van der Waals surface area (Å²) >= 11 is 0. The number of imidazole rings is 1. The smallest absolute Gasteiger partial charge is 0.136 e. The van der Waals surface area contributed by atoms with Crippen LogP contribution in [0, 0.1) is 6.92 Å². The van der Waals surface area contributed by atoms with Gasteiger partial charge in [-0.05, 0) is 37.3 Å². The molecule has 2 heterocycles. The van der Waals surface area contributed by atoms with Gasteiger partial charge < -0.3 is 4.40 Å². The highest BCUT2D eigenvalue weighted by molar-refractivity contribution is 5.43. The van der Waals surface area contributed by atoms with Crippen LogP contribution in [0.1, 0.15) is 30.0 Å². The molecule has 2 nitrogen and oxygen atoms in total. The average molecular weight is 171 g/mol. The summed E-state index contributed by atoms with van der Waals surface area (Å²) < 4.78 is 2.07. The second kappa shape index (κ2) is 2.34. The van der Waals surface area contributed by atoms with E-state index in [0.717, 1.165) is 17.3 Å². The van der Waals surface area contributed by atoms with E-state index in [1.807, 2.05) is 6.20 Å². The number of hydrogen-bond donors (Lipinski definition) is 0. The van der Waals surface area contributed by atoms with Crippen LogP contribution in [0.3, 0.4) is 0 Å². The minimum atomic E-state index is 0.806. The molecular weight excluding hydrogens is 160 g/mol. The van der Waals surface area contributed by atoms with Gasteiger partial charge in [0.15, 0.2) is 0 Å². The van der Waals surface area contributed by atoms with Gasteiger partial charge in [0.2, 0.25) is 0 Å². The Balaban J connectivity index is 2.20. The Hall–Kier alpha value is -1.31. The van der Waals surface area contributed by atoms with Crippen molar-refractivity contribution in [3.05, 3.63) is 42.7 Å². The molecule has 0 N–H and O–H groups in total. The van der Waals surface area contributed by atoms with E-state index in [2.05, 4.69) is 34.6 Å². The van der Waals surface area contributed by atoms with E-state index in [0.29, 0.717) is 0 Å². The molecule has 65 valence electrons. The van der Waals surface area contributed by atoms with E-state index in [-0.39, 0.29) is 0 Å².